The second kappa shape index (κ2) is 5.84. The van der Waals surface area contributed by atoms with Gasteiger partial charge in [-0.3, -0.25) is 19.8 Å². The zero-order valence-electron chi connectivity index (χ0n) is 18.4. The molecule has 0 fully saturated rings. The molecule has 4 nitrogen and oxygen atoms in total. The number of aromatic nitrogens is 2. The van der Waals surface area contributed by atoms with Gasteiger partial charge in [-0.05, 0) is 44.2 Å². The molecule has 3 aliphatic carbocycles. The summed E-state index contributed by atoms with van der Waals surface area (Å²) in [5.74, 6) is -0.422. The van der Waals surface area contributed by atoms with Crippen LogP contribution >= 0.6 is 0 Å². The summed E-state index contributed by atoms with van der Waals surface area (Å²) in [5.41, 5.74) is 7.94. The minimum Gasteiger partial charge on any atom is -0.268 e. The van der Waals surface area contributed by atoms with E-state index in [1.807, 2.05) is 0 Å². The Morgan fingerprint density at radius 2 is 0.967 bits per heavy atom. The van der Waals surface area contributed by atoms with Gasteiger partial charge in [-0.15, -0.1) is 0 Å². The van der Waals surface area contributed by atoms with Crippen molar-refractivity contribution < 1.29 is 0 Å². The highest BCUT2D eigenvalue weighted by Crippen LogP contribution is 2.54. The van der Waals surface area contributed by atoms with Crippen LogP contribution in [0.15, 0.2) is 46.0 Å². The van der Waals surface area contributed by atoms with E-state index in [0.717, 1.165) is 22.3 Å². The Hall–Kier alpha value is -2.88. The van der Waals surface area contributed by atoms with Crippen molar-refractivity contribution in [1.82, 2.24) is 10.2 Å². The highest BCUT2D eigenvalue weighted by molar-refractivity contribution is 5.68. The van der Waals surface area contributed by atoms with Crippen molar-refractivity contribution in [3.05, 3.63) is 102 Å². The number of nitrogens with one attached hydrogen (secondary N) is 2. The molecule has 0 saturated heterocycles. The summed E-state index contributed by atoms with van der Waals surface area (Å²) in [5, 5.41) is 5.12. The second-order valence-electron chi connectivity index (χ2n) is 10.8. The third-order valence-electron chi connectivity index (χ3n) is 6.80. The van der Waals surface area contributed by atoms with Crippen molar-refractivity contribution in [2.75, 3.05) is 0 Å². The molecule has 0 unspecified atom stereocenters. The molecule has 0 saturated carbocycles. The van der Waals surface area contributed by atoms with Crippen molar-refractivity contribution in [2.24, 2.45) is 0 Å². The molecule has 0 radical (unpaired) electrons. The quantitative estimate of drug-likeness (QED) is 0.397. The molecule has 0 amide bonds. The van der Waals surface area contributed by atoms with E-state index in [2.05, 4.69) is 88.1 Å². The lowest BCUT2D eigenvalue weighted by Gasteiger charge is -2.42. The predicted molar refractivity (Wildman–Crippen MR) is 120 cm³/mol. The second-order valence-corrected chi connectivity index (χ2v) is 10.8. The molecule has 30 heavy (non-hydrogen) atoms. The molecular weight excluding hydrogens is 372 g/mol. The molecule has 6 rings (SSSR count). The van der Waals surface area contributed by atoms with Gasteiger partial charge in [0.2, 0.25) is 0 Å². The fraction of sp³-hybridized carbons (Fsp3) is 0.385. The standard InChI is InChI=1S/C26H28N2O2/c1-25(2,3)13-7-9-15-17(11-13)19-16-10-8-14(26(4,5)6)12-18(16)20(15)22-21(19)23(29)27-28-24(22)30/h7-12,19-20H,1-6H3,(H,27,29)(H,28,30)/t19-,20-/m0/s1. The van der Waals surface area contributed by atoms with Crippen molar-refractivity contribution in [3.8, 4) is 0 Å². The molecular formula is C26H28N2O2. The smallest absolute Gasteiger partial charge is 0.267 e. The van der Waals surface area contributed by atoms with Crippen LogP contribution in [-0.2, 0) is 10.8 Å². The number of rotatable bonds is 0. The average Bonchev–Trinajstić information content (AvgIpc) is 2.68. The Bertz CT molecular complexity index is 1210. The van der Waals surface area contributed by atoms with Crippen molar-refractivity contribution >= 4 is 0 Å². The normalized spacial score (nSPS) is 19.3. The fourth-order valence-electron chi connectivity index (χ4n) is 5.13. The van der Waals surface area contributed by atoms with E-state index in [-0.39, 0.29) is 33.8 Å². The lowest BCUT2D eigenvalue weighted by atomic mass is 9.60. The topological polar surface area (TPSA) is 65.7 Å². The molecule has 1 aromatic heterocycles. The monoisotopic (exact) mass is 400 g/mol. The molecule has 3 aliphatic rings. The number of hydrogen-bond acceptors (Lipinski definition) is 2. The molecule has 0 spiro atoms. The van der Waals surface area contributed by atoms with Crippen LogP contribution in [0.25, 0.3) is 0 Å². The van der Waals surface area contributed by atoms with Crippen LogP contribution < -0.4 is 11.1 Å². The first-order chi connectivity index (χ1) is 14.0. The maximum Gasteiger partial charge on any atom is 0.267 e. The van der Waals surface area contributed by atoms with Crippen molar-refractivity contribution in [3.63, 3.8) is 0 Å². The van der Waals surface area contributed by atoms with Gasteiger partial charge in [0.05, 0.1) is 0 Å². The first-order valence-corrected chi connectivity index (χ1v) is 10.6. The van der Waals surface area contributed by atoms with Crippen LogP contribution in [0.1, 0.15) is 97.9 Å². The molecule has 2 bridgehead atoms. The average molecular weight is 401 g/mol. The van der Waals surface area contributed by atoms with Gasteiger partial charge in [0.25, 0.3) is 11.1 Å². The molecule has 0 aliphatic heterocycles. The minimum absolute atomic E-state index is 0.00799. The largest absolute Gasteiger partial charge is 0.268 e. The molecule has 4 heteroatoms. The molecule has 2 atom stereocenters. The zero-order valence-corrected chi connectivity index (χ0v) is 18.4. The van der Waals surface area contributed by atoms with E-state index < -0.39 is 0 Å². The van der Waals surface area contributed by atoms with Gasteiger partial charge in [0.1, 0.15) is 0 Å². The lowest BCUT2D eigenvalue weighted by Crippen LogP contribution is -2.40. The molecule has 2 aromatic carbocycles. The Balaban J connectivity index is 1.87. The van der Waals surface area contributed by atoms with E-state index in [4.69, 9.17) is 0 Å². The van der Waals surface area contributed by atoms with Crippen LogP contribution in [0.4, 0.5) is 0 Å². The Labute approximate surface area is 176 Å². The Morgan fingerprint density at radius 3 is 1.30 bits per heavy atom. The van der Waals surface area contributed by atoms with Gasteiger partial charge in [0.15, 0.2) is 0 Å². The van der Waals surface area contributed by atoms with Crippen LogP contribution in [0.2, 0.25) is 0 Å². The highest BCUT2D eigenvalue weighted by Gasteiger charge is 2.45. The summed E-state index contributed by atoms with van der Waals surface area (Å²) >= 11 is 0. The summed E-state index contributed by atoms with van der Waals surface area (Å²) in [6.07, 6.45) is 0. The zero-order chi connectivity index (χ0) is 21.6. The van der Waals surface area contributed by atoms with Gasteiger partial charge < -0.3 is 0 Å². The first-order valence-electron chi connectivity index (χ1n) is 10.6. The van der Waals surface area contributed by atoms with Crippen LogP contribution in [0.3, 0.4) is 0 Å². The Morgan fingerprint density at radius 1 is 0.600 bits per heavy atom. The van der Waals surface area contributed by atoms with E-state index in [0.29, 0.717) is 11.1 Å². The summed E-state index contributed by atoms with van der Waals surface area (Å²) < 4.78 is 0. The molecule has 2 N–H and O–H groups in total. The van der Waals surface area contributed by atoms with Crippen LogP contribution in [0, 0.1) is 0 Å². The number of hydrogen-bond donors (Lipinski definition) is 2. The molecule has 3 aromatic rings. The van der Waals surface area contributed by atoms with Crippen molar-refractivity contribution in [2.45, 2.75) is 64.2 Å². The van der Waals surface area contributed by atoms with E-state index in [9.17, 15) is 9.59 Å². The van der Waals surface area contributed by atoms with Crippen LogP contribution in [-0.4, -0.2) is 10.2 Å². The van der Waals surface area contributed by atoms with Gasteiger partial charge in [-0.2, -0.15) is 0 Å². The van der Waals surface area contributed by atoms with Gasteiger partial charge >= 0.3 is 0 Å². The van der Waals surface area contributed by atoms with E-state index in [1.54, 1.807) is 0 Å². The fourth-order valence-corrected chi connectivity index (χ4v) is 5.13. The number of H-pyrrole nitrogens is 2. The van der Waals surface area contributed by atoms with Gasteiger partial charge in [-0.25, -0.2) is 0 Å². The van der Waals surface area contributed by atoms with Crippen molar-refractivity contribution in [1.29, 1.82) is 0 Å². The van der Waals surface area contributed by atoms with Gasteiger partial charge in [-0.1, -0.05) is 77.9 Å². The SMILES string of the molecule is CC(C)(C)c1ccc2c(c1)[C@@H]1c3ccc(C(C)(C)C)cc3[C@H]2c2c1c(=O)[nH][nH]c2=O. The van der Waals surface area contributed by atoms with Crippen LogP contribution in [0.5, 0.6) is 0 Å². The Kier molecular flexibility index (Phi) is 3.72. The lowest BCUT2D eigenvalue weighted by molar-refractivity contribution is 0.582. The summed E-state index contributed by atoms with van der Waals surface area (Å²) in [6, 6.07) is 13.2. The first kappa shape index (κ1) is 19.1. The minimum atomic E-state index is -0.211. The van der Waals surface area contributed by atoms with E-state index >= 15 is 0 Å². The predicted octanol–water partition coefficient (Wildman–Crippen LogP) is 4.65. The summed E-state index contributed by atoms with van der Waals surface area (Å²) in [6.45, 7) is 13.2. The third-order valence-corrected chi connectivity index (χ3v) is 6.80. The maximum atomic E-state index is 12.9. The van der Waals surface area contributed by atoms with Gasteiger partial charge in [0, 0.05) is 23.0 Å². The molecule has 1 heterocycles. The summed E-state index contributed by atoms with van der Waals surface area (Å²) in [4.78, 5) is 25.8. The third kappa shape index (κ3) is 2.52. The highest BCUT2D eigenvalue weighted by atomic mass is 16.1. The van der Waals surface area contributed by atoms with E-state index in [1.165, 1.54) is 11.1 Å². The number of benzene rings is 2. The molecule has 154 valence electrons. The maximum absolute atomic E-state index is 12.9. The summed E-state index contributed by atoms with van der Waals surface area (Å²) in [7, 11) is 0. The number of aromatic amines is 2.